The first-order valence-electron chi connectivity index (χ1n) is 6.66. The molecule has 1 aromatic rings. The van der Waals surface area contributed by atoms with Crippen LogP contribution in [0.2, 0.25) is 0 Å². The number of pyridine rings is 1. The molecule has 0 radical (unpaired) electrons. The van der Waals surface area contributed by atoms with Gasteiger partial charge in [0.2, 0.25) is 5.91 Å². The highest BCUT2D eigenvalue weighted by Gasteiger charge is 2.17. The lowest BCUT2D eigenvalue weighted by Crippen LogP contribution is -2.46. The van der Waals surface area contributed by atoms with Crippen molar-refractivity contribution in [3.8, 4) is 0 Å². The third kappa shape index (κ3) is 3.53. The molecule has 0 saturated carbocycles. The van der Waals surface area contributed by atoms with E-state index in [9.17, 15) is 4.79 Å². The molecule has 1 N–H and O–H groups in total. The maximum absolute atomic E-state index is 12.0. The molecular weight excluding hydrogens is 226 g/mol. The van der Waals surface area contributed by atoms with Crippen LogP contribution in [-0.4, -0.2) is 42.0 Å². The Morgan fingerprint density at radius 1 is 1.39 bits per heavy atom. The van der Waals surface area contributed by atoms with E-state index >= 15 is 0 Å². The van der Waals surface area contributed by atoms with E-state index in [2.05, 4.69) is 17.2 Å². The highest BCUT2D eigenvalue weighted by molar-refractivity contribution is 5.76. The number of rotatable bonds is 4. The van der Waals surface area contributed by atoms with Gasteiger partial charge in [-0.1, -0.05) is 6.92 Å². The minimum atomic E-state index is 0.289. The smallest absolute Gasteiger partial charge is 0.222 e. The minimum Gasteiger partial charge on any atom is -0.340 e. The number of carbonyl (C=O) groups excluding carboxylic acids is 1. The van der Waals surface area contributed by atoms with E-state index in [1.807, 2.05) is 29.4 Å². The molecule has 1 aliphatic rings. The molecule has 1 fully saturated rings. The van der Waals surface area contributed by atoms with Crippen LogP contribution in [0, 0.1) is 0 Å². The standard InChI is InChI=1S/C14H21N3O/c1-12(13-4-6-15-7-5-13)2-3-14(18)17-10-8-16-9-11-17/h4-7,12,16H,2-3,8-11H2,1H3. The van der Waals surface area contributed by atoms with Crippen LogP contribution in [-0.2, 0) is 4.79 Å². The van der Waals surface area contributed by atoms with Crippen molar-refractivity contribution in [2.24, 2.45) is 0 Å². The van der Waals surface area contributed by atoms with Gasteiger partial charge in [-0.25, -0.2) is 0 Å². The number of carbonyl (C=O) groups is 1. The lowest BCUT2D eigenvalue weighted by atomic mass is 9.97. The molecule has 0 bridgehead atoms. The first-order chi connectivity index (χ1) is 8.77. The molecule has 0 aliphatic carbocycles. The van der Waals surface area contributed by atoms with Gasteiger partial charge in [-0.05, 0) is 30.0 Å². The van der Waals surface area contributed by atoms with E-state index in [4.69, 9.17) is 0 Å². The number of hydrogen-bond acceptors (Lipinski definition) is 3. The third-order valence-corrected chi connectivity index (χ3v) is 3.54. The molecule has 98 valence electrons. The topological polar surface area (TPSA) is 45.2 Å². The first-order valence-corrected chi connectivity index (χ1v) is 6.66. The van der Waals surface area contributed by atoms with E-state index in [-0.39, 0.29) is 5.91 Å². The second kappa shape index (κ2) is 6.50. The second-order valence-electron chi connectivity index (χ2n) is 4.85. The largest absolute Gasteiger partial charge is 0.340 e. The molecule has 4 heteroatoms. The predicted octanol–water partition coefficient (Wildman–Crippen LogP) is 1.40. The van der Waals surface area contributed by atoms with Gasteiger partial charge >= 0.3 is 0 Å². The lowest BCUT2D eigenvalue weighted by Gasteiger charge is -2.27. The van der Waals surface area contributed by atoms with Crippen molar-refractivity contribution in [1.82, 2.24) is 15.2 Å². The quantitative estimate of drug-likeness (QED) is 0.874. The molecule has 2 heterocycles. The zero-order valence-corrected chi connectivity index (χ0v) is 10.9. The Hall–Kier alpha value is -1.42. The van der Waals surface area contributed by atoms with Gasteiger partial charge in [0.15, 0.2) is 0 Å². The molecule has 2 rings (SSSR count). The van der Waals surface area contributed by atoms with Crippen molar-refractivity contribution < 1.29 is 4.79 Å². The van der Waals surface area contributed by atoms with E-state index < -0.39 is 0 Å². The summed E-state index contributed by atoms with van der Waals surface area (Å²) < 4.78 is 0. The number of aromatic nitrogens is 1. The lowest BCUT2D eigenvalue weighted by molar-refractivity contribution is -0.131. The van der Waals surface area contributed by atoms with Gasteiger partial charge in [0.25, 0.3) is 0 Å². The molecule has 1 saturated heterocycles. The normalized spacial score (nSPS) is 17.5. The molecule has 18 heavy (non-hydrogen) atoms. The Balaban J connectivity index is 1.78. The Kier molecular flexibility index (Phi) is 4.70. The van der Waals surface area contributed by atoms with E-state index in [0.29, 0.717) is 12.3 Å². The van der Waals surface area contributed by atoms with E-state index in [0.717, 1.165) is 32.6 Å². The number of hydrogen-bond donors (Lipinski definition) is 1. The van der Waals surface area contributed by atoms with Gasteiger partial charge in [-0.15, -0.1) is 0 Å². The molecular formula is C14H21N3O. The molecule has 4 nitrogen and oxygen atoms in total. The molecule has 0 spiro atoms. The zero-order chi connectivity index (χ0) is 12.8. The Labute approximate surface area is 108 Å². The van der Waals surface area contributed by atoms with Crippen LogP contribution < -0.4 is 5.32 Å². The van der Waals surface area contributed by atoms with Crippen molar-refractivity contribution in [3.63, 3.8) is 0 Å². The van der Waals surface area contributed by atoms with Gasteiger partial charge < -0.3 is 10.2 Å². The number of amides is 1. The van der Waals surface area contributed by atoms with E-state index in [1.54, 1.807) is 0 Å². The van der Waals surface area contributed by atoms with Crippen molar-refractivity contribution in [1.29, 1.82) is 0 Å². The van der Waals surface area contributed by atoms with Crippen molar-refractivity contribution in [3.05, 3.63) is 30.1 Å². The number of piperazine rings is 1. The fraction of sp³-hybridized carbons (Fsp3) is 0.571. The molecule has 1 unspecified atom stereocenters. The van der Waals surface area contributed by atoms with Gasteiger partial charge in [0.1, 0.15) is 0 Å². The Morgan fingerprint density at radius 3 is 2.72 bits per heavy atom. The predicted molar refractivity (Wildman–Crippen MR) is 71.3 cm³/mol. The Morgan fingerprint density at radius 2 is 2.06 bits per heavy atom. The highest BCUT2D eigenvalue weighted by atomic mass is 16.2. The average molecular weight is 247 g/mol. The highest BCUT2D eigenvalue weighted by Crippen LogP contribution is 2.20. The van der Waals surface area contributed by atoms with Gasteiger partial charge in [0.05, 0.1) is 0 Å². The van der Waals surface area contributed by atoms with Crippen LogP contribution in [0.25, 0.3) is 0 Å². The summed E-state index contributed by atoms with van der Waals surface area (Å²) >= 11 is 0. The van der Waals surface area contributed by atoms with Crippen molar-refractivity contribution >= 4 is 5.91 Å². The van der Waals surface area contributed by atoms with Gasteiger partial charge in [-0.3, -0.25) is 9.78 Å². The summed E-state index contributed by atoms with van der Waals surface area (Å²) in [6.07, 6.45) is 5.17. The fourth-order valence-electron chi connectivity index (χ4n) is 2.27. The van der Waals surface area contributed by atoms with Crippen molar-refractivity contribution in [2.45, 2.75) is 25.7 Å². The summed E-state index contributed by atoms with van der Waals surface area (Å²) in [5.74, 6) is 0.706. The Bertz CT molecular complexity index is 374. The van der Waals surface area contributed by atoms with Crippen LogP contribution in [0.3, 0.4) is 0 Å². The maximum Gasteiger partial charge on any atom is 0.222 e. The average Bonchev–Trinajstić information content (AvgIpc) is 2.46. The fourth-order valence-corrected chi connectivity index (χ4v) is 2.27. The summed E-state index contributed by atoms with van der Waals surface area (Å²) in [5.41, 5.74) is 1.26. The zero-order valence-electron chi connectivity index (χ0n) is 10.9. The summed E-state index contributed by atoms with van der Waals surface area (Å²) in [4.78, 5) is 18.0. The summed E-state index contributed by atoms with van der Waals surface area (Å²) in [6, 6.07) is 4.06. The van der Waals surface area contributed by atoms with E-state index in [1.165, 1.54) is 5.56 Å². The van der Waals surface area contributed by atoms with Crippen LogP contribution in [0.4, 0.5) is 0 Å². The second-order valence-corrected chi connectivity index (χ2v) is 4.85. The first kappa shape index (κ1) is 13.0. The van der Waals surface area contributed by atoms with Gasteiger partial charge in [-0.2, -0.15) is 0 Å². The van der Waals surface area contributed by atoms with Crippen LogP contribution >= 0.6 is 0 Å². The summed E-state index contributed by atoms with van der Waals surface area (Å²) in [5, 5.41) is 3.26. The molecule has 1 atom stereocenters. The molecule has 0 aromatic carbocycles. The monoisotopic (exact) mass is 247 g/mol. The maximum atomic E-state index is 12.0. The summed E-state index contributed by atoms with van der Waals surface area (Å²) in [7, 11) is 0. The minimum absolute atomic E-state index is 0.289. The SMILES string of the molecule is CC(CCC(=O)N1CCNCC1)c1ccncc1. The number of nitrogens with one attached hydrogen (secondary N) is 1. The molecule has 1 amide bonds. The number of nitrogens with zero attached hydrogens (tertiary/aromatic N) is 2. The third-order valence-electron chi connectivity index (χ3n) is 3.54. The molecule has 1 aromatic heterocycles. The van der Waals surface area contributed by atoms with Crippen molar-refractivity contribution in [2.75, 3.05) is 26.2 Å². The van der Waals surface area contributed by atoms with Crippen LogP contribution in [0.1, 0.15) is 31.2 Å². The summed E-state index contributed by atoms with van der Waals surface area (Å²) in [6.45, 7) is 5.71. The van der Waals surface area contributed by atoms with Crippen LogP contribution in [0.5, 0.6) is 0 Å². The molecule has 1 aliphatic heterocycles. The van der Waals surface area contributed by atoms with Gasteiger partial charge in [0, 0.05) is 45.0 Å². The van der Waals surface area contributed by atoms with Crippen LogP contribution in [0.15, 0.2) is 24.5 Å².